The number of fused-ring (bicyclic) bond motifs is 1. The van der Waals surface area contributed by atoms with Crippen LogP contribution in [0.15, 0.2) is 91.0 Å². The number of hydrogen-bond donors (Lipinski definition) is 4. The number of hydrogen-bond acceptors (Lipinski definition) is 10. The van der Waals surface area contributed by atoms with Crippen molar-refractivity contribution in [2.45, 2.75) is 68.8 Å². The second-order valence-corrected chi connectivity index (χ2v) is 17.3. The van der Waals surface area contributed by atoms with E-state index < -0.39 is 0 Å². The number of thioether (sulfide) groups is 1. The molecule has 3 aliphatic heterocycles. The van der Waals surface area contributed by atoms with E-state index in [1.807, 2.05) is 70.8 Å². The lowest BCUT2D eigenvalue weighted by molar-refractivity contribution is -0.130. The summed E-state index contributed by atoms with van der Waals surface area (Å²) in [6.45, 7) is 4.79. The number of aromatic nitrogens is 2. The number of carbonyl (C=O) groups is 5. The summed E-state index contributed by atoms with van der Waals surface area (Å²) in [5.74, 6) is 1.18. The number of likely N-dealkylation sites (tertiary alicyclic amines) is 1. The molecule has 4 heterocycles. The minimum absolute atomic E-state index is 0.00507. The Morgan fingerprint density at radius 3 is 2.34 bits per heavy atom. The van der Waals surface area contributed by atoms with Crippen LogP contribution in [-0.4, -0.2) is 120 Å². The predicted molar refractivity (Wildman–Crippen MR) is 245 cm³/mol. The average Bonchev–Trinajstić information content (AvgIpc) is 4.08. The van der Waals surface area contributed by atoms with Crippen LogP contribution >= 0.6 is 11.8 Å². The van der Waals surface area contributed by atoms with Crippen LogP contribution in [-0.2, 0) is 19.1 Å². The number of piperidine rings is 1. The third-order valence-corrected chi connectivity index (χ3v) is 13.3. The van der Waals surface area contributed by atoms with E-state index in [-0.39, 0.29) is 47.7 Å². The normalized spacial score (nSPS) is 19.2. The van der Waals surface area contributed by atoms with Gasteiger partial charge in [0.25, 0.3) is 5.91 Å². The Kier molecular flexibility index (Phi) is 16.2. The molecule has 0 aliphatic carbocycles. The highest BCUT2D eigenvalue weighted by Crippen LogP contribution is 2.34. The lowest BCUT2D eigenvalue weighted by atomic mass is 9.96. The monoisotopic (exact) mass is 891 g/mol. The number of amides is 5. The zero-order chi connectivity index (χ0) is 44.8. The Bertz CT molecular complexity index is 2270. The number of carbonyl (C=O) groups excluding carboxylic acids is 5. The highest BCUT2D eigenvalue weighted by Gasteiger charge is 2.42. The molecule has 0 radical (unpaired) electrons. The summed E-state index contributed by atoms with van der Waals surface area (Å²) < 4.78 is 18.6. The van der Waals surface area contributed by atoms with E-state index in [9.17, 15) is 24.0 Å². The van der Waals surface area contributed by atoms with Crippen LogP contribution in [0.25, 0.3) is 11.8 Å². The Balaban J connectivity index is 0.761. The second kappa shape index (κ2) is 22.6. The summed E-state index contributed by atoms with van der Waals surface area (Å²) in [5.41, 5.74) is 4.81. The number of unbranched alkanes of at least 4 members (excludes halogenated alkanes) is 1. The van der Waals surface area contributed by atoms with Gasteiger partial charge in [0.1, 0.15) is 5.75 Å². The van der Waals surface area contributed by atoms with Crippen molar-refractivity contribution < 1.29 is 38.2 Å². The lowest BCUT2D eigenvalue weighted by Crippen LogP contribution is -2.38. The molecule has 15 nitrogen and oxygen atoms in total. The van der Waals surface area contributed by atoms with Crippen LogP contribution in [0.2, 0.25) is 0 Å². The quantitative estimate of drug-likeness (QED) is 0.0341. The number of nitrogens with zero attached hydrogens (tertiary/aromatic N) is 3. The second-order valence-electron chi connectivity index (χ2n) is 16.1. The van der Waals surface area contributed by atoms with Gasteiger partial charge in [0.15, 0.2) is 5.78 Å². The molecular formula is C48H57N7O8S. The van der Waals surface area contributed by atoms with Gasteiger partial charge in [0.2, 0.25) is 11.8 Å². The Morgan fingerprint density at radius 2 is 1.62 bits per heavy atom. The first-order valence-corrected chi connectivity index (χ1v) is 23.0. The summed E-state index contributed by atoms with van der Waals surface area (Å²) >= 11 is 1.88. The van der Waals surface area contributed by atoms with Gasteiger partial charge in [-0.2, -0.15) is 11.8 Å². The third kappa shape index (κ3) is 12.0. The minimum Gasteiger partial charge on any atom is -0.495 e. The fraction of sp³-hybridized carbons (Fsp3) is 0.417. The molecule has 0 bridgehead atoms. The van der Waals surface area contributed by atoms with Crippen molar-refractivity contribution in [3.63, 3.8) is 0 Å². The van der Waals surface area contributed by atoms with E-state index >= 15 is 0 Å². The molecule has 4 aromatic rings. The van der Waals surface area contributed by atoms with Gasteiger partial charge in [-0.05, 0) is 74.1 Å². The van der Waals surface area contributed by atoms with Crippen LogP contribution in [0.3, 0.4) is 0 Å². The van der Waals surface area contributed by atoms with Crippen molar-refractivity contribution in [1.82, 2.24) is 35.7 Å². The number of imidazole rings is 1. The van der Waals surface area contributed by atoms with E-state index in [1.165, 1.54) is 0 Å². The van der Waals surface area contributed by atoms with Crippen LogP contribution in [0.5, 0.6) is 5.75 Å². The van der Waals surface area contributed by atoms with Crippen molar-refractivity contribution >= 4 is 47.4 Å². The van der Waals surface area contributed by atoms with Crippen molar-refractivity contribution in [2.75, 3.05) is 58.9 Å². The zero-order valence-corrected chi connectivity index (χ0v) is 37.2. The van der Waals surface area contributed by atoms with Gasteiger partial charge < -0.3 is 44.9 Å². The number of methoxy groups -OCH3 is 1. The van der Waals surface area contributed by atoms with Gasteiger partial charge in [-0.1, -0.05) is 48.9 Å². The molecule has 2 unspecified atom stereocenters. The molecule has 3 aromatic carbocycles. The third-order valence-electron chi connectivity index (χ3n) is 11.8. The first-order valence-electron chi connectivity index (χ1n) is 22.0. The van der Waals surface area contributed by atoms with Gasteiger partial charge in [-0.3, -0.25) is 19.2 Å². The molecule has 338 valence electrons. The van der Waals surface area contributed by atoms with Crippen LogP contribution in [0, 0.1) is 0 Å². The summed E-state index contributed by atoms with van der Waals surface area (Å²) in [7, 11) is 1.62. The molecule has 4 N–H and O–H groups in total. The average molecular weight is 892 g/mol. The highest BCUT2D eigenvalue weighted by atomic mass is 32.2. The van der Waals surface area contributed by atoms with Gasteiger partial charge in [0, 0.05) is 71.7 Å². The number of urea groups is 1. The molecule has 3 aliphatic rings. The van der Waals surface area contributed by atoms with Crippen LogP contribution in [0.4, 0.5) is 4.79 Å². The summed E-state index contributed by atoms with van der Waals surface area (Å²) in [5, 5.41) is 12.1. The van der Waals surface area contributed by atoms with Gasteiger partial charge in [-0.25, -0.2) is 9.78 Å². The molecule has 1 aromatic heterocycles. The van der Waals surface area contributed by atoms with E-state index in [0.717, 1.165) is 53.8 Å². The number of rotatable bonds is 22. The minimum atomic E-state index is -0.271. The molecule has 3 saturated heterocycles. The number of ketones is 1. The molecular weight excluding hydrogens is 835 g/mol. The SMILES string of the molecule is COc1cc(/C=C2\CCCN(C(C)c3ccc(C(=O)c4ccc(C(=O)NCCOCCOCCNC(=O)CCCCC5SC[C@@H]6NC(=O)N[C@H]56)cc4)cc3)C2=O)ccc1-n1ccnc1. The van der Waals surface area contributed by atoms with Crippen molar-refractivity contribution in [3.8, 4) is 11.4 Å². The van der Waals surface area contributed by atoms with Crippen molar-refractivity contribution in [1.29, 1.82) is 0 Å². The molecule has 0 spiro atoms. The van der Waals surface area contributed by atoms with Crippen molar-refractivity contribution in [2.24, 2.45) is 0 Å². The number of ether oxygens (including phenoxy) is 3. The first-order chi connectivity index (χ1) is 31.2. The smallest absolute Gasteiger partial charge is 0.315 e. The maximum atomic E-state index is 13.7. The Morgan fingerprint density at radius 1 is 0.906 bits per heavy atom. The van der Waals surface area contributed by atoms with Crippen LogP contribution < -0.4 is 26.0 Å². The maximum Gasteiger partial charge on any atom is 0.315 e. The zero-order valence-electron chi connectivity index (χ0n) is 36.4. The molecule has 3 fully saturated rings. The Hall–Kier alpha value is -5.97. The molecule has 16 heteroatoms. The van der Waals surface area contributed by atoms with E-state index in [4.69, 9.17) is 14.2 Å². The fourth-order valence-electron chi connectivity index (χ4n) is 8.25. The topological polar surface area (TPSA) is 182 Å². The largest absolute Gasteiger partial charge is 0.495 e. The number of benzene rings is 3. The summed E-state index contributed by atoms with van der Waals surface area (Å²) in [6.07, 6.45) is 11.9. The standard InChI is InChI=1S/C48H57N7O8S/c1-32(55-22-5-6-38(47(55)59)28-33-9-18-40(41(29-33)61-2)54-23-19-49-31-54)34-10-12-35(13-11-34)45(57)36-14-16-37(17-15-36)46(58)51-21-25-63-27-26-62-24-20-50-43(56)8-4-3-7-42-44-39(30-64-42)52-48(60)53-44/h9-19,23,28-29,31-32,39,42,44H,3-8,20-22,24-27,30H2,1-2H3,(H,50,56)(H,51,58)(H2,52,53,60)/b38-28+/t32?,39-,42?,44-/m0/s1. The van der Waals surface area contributed by atoms with E-state index in [2.05, 4.69) is 26.3 Å². The van der Waals surface area contributed by atoms with E-state index in [1.54, 1.807) is 56.0 Å². The molecule has 5 amide bonds. The highest BCUT2D eigenvalue weighted by molar-refractivity contribution is 8.00. The summed E-state index contributed by atoms with van der Waals surface area (Å²) in [6, 6.07) is 19.9. The molecule has 64 heavy (non-hydrogen) atoms. The predicted octanol–water partition coefficient (Wildman–Crippen LogP) is 5.48. The first kappa shape index (κ1) is 46.0. The summed E-state index contributed by atoms with van der Waals surface area (Å²) in [4.78, 5) is 69.5. The van der Waals surface area contributed by atoms with Gasteiger partial charge in [-0.15, -0.1) is 0 Å². The molecule has 4 atom stereocenters. The van der Waals surface area contributed by atoms with E-state index in [0.29, 0.717) is 86.6 Å². The van der Waals surface area contributed by atoms with Gasteiger partial charge >= 0.3 is 6.03 Å². The van der Waals surface area contributed by atoms with Crippen LogP contribution in [0.1, 0.15) is 88.9 Å². The lowest BCUT2D eigenvalue weighted by Gasteiger charge is -2.34. The van der Waals surface area contributed by atoms with Gasteiger partial charge in [0.05, 0.1) is 63.7 Å². The fourth-order valence-corrected chi connectivity index (χ4v) is 9.80. The molecule has 7 rings (SSSR count). The maximum absolute atomic E-state index is 13.7. The number of nitrogens with one attached hydrogen (secondary N) is 4. The van der Waals surface area contributed by atoms with Crippen molar-refractivity contribution in [3.05, 3.63) is 119 Å². The molecule has 0 saturated carbocycles. The Labute approximate surface area is 378 Å².